The molecule has 1 aliphatic heterocycles. The van der Waals surface area contributed by atoms with Gasteiger partial charge in [-0.1, -0.05) is 18.2 Å². The molecule has 1 aromatic carbocycles. The van der Waals surface area contributed by atoms with Gasteiger partial charge in [0.2, 0.25) is 0 Å². The van der Waals surface area contributed by atoms with E-state index in [9.17, 15) is 0 Å². The van der Waals surface area contributed by atoms with Crippen molar-refractivity contribution < 1.29 is 0 Å². The van der Waals surface area contributed by atoms with E-state index < -0.39 is 0 Å². The van der Waals surface area contributed by atoms with Crippen LogP contribution in [0.25, 0.3) is 10.9 Å². The molecular formula is C15H16N4S. The van der Waals surface area contributed by atoms with E-state index in [4.69, 9.17) is 5.10 Å². The number of thiazole rings is 1. The van der Waals surface area contributed by atoms with Crippen molar-refractivity contribution >= 4 is 22.2 Å². The Kier molecular flexibility index (Phi) is 3.01. The lowest BCUT2D eigenvalue weighted by Crippen LogP contribution is -2.20. The van der Waals surface area contributed by atoms with Crippen LogP contribution in [0.5, 0.6) is 0 Å². The Morgan fingerprint density at radius 3 is 3.10 bits per heavy atom. The predicted molar refractivity (Wildman–Crippen MR) is 80.8 cm³/mol. The van der Waals surface area contributed by atoms with Crippen LogP contribution in [0.2, 0.25) is 0 Å². The van der Waals surface area contributed by atoms with E-state index in [0.29, 0.717) is 6.04 Å². The zero-order valence-corrected chi connectivity index (χ0v) is 12.0. The average Bonchev–Trinajstić information content (AvgIpc) is 3.18. The van der Waals surface area contributed by atoms with Crippen LogP contribution in [0.3, 0.4) is 0 Å². The fraction of sp³-hybridized carbons (Fsp3) is 0.333. The van der Waals surface area contributed by atoms with E-state index in [0.717, 1.165) is 25.2 Å². The van der Waals surface area contributed by atoms with Gasteiger partial charge < -0.3 is 0 Å². The standard InChI is InChI=1S/C15H16N4S/c1-2-4-15-12(3-1)8-19(17-15)13-5-6-18(9-13)10-14-7-16-11-20-14/h1-4,7-8,11,13H,5-6,9-10H2. The van der Waals surface area contributed by atoms with Gasteiger partial charge in [-0.25, -0.2) is 0 Å². The minimum atomic E-state index is 0.496. The summed E-state index contributed by atoms with van der Waals surface area (Å²) < 4.78 is 2.15. The molecule has 102 valence electrons. The molecule has 1 atom stereocenters. The van der Waals surface area contributed by atoms with Gasteiger partial charge >= 0.3 is 0 Å². The van der Waals surface area contributed by atoms with E-state index in [1.807, 2.05) is 17.8 Å². The normalized spacial score (nSPS) is 19.9. The molecule has 2 aromatic heterocycles. The van der Waals surface area contributed by atoms with Gasteiger partial charge in [0.25, 0.3) is 0 Å². The van der Waals surface area contributed by atoms with E-state index in [2.05, 4.69) is 39.0 Å². The van der Waals surface area contributed by atoms with Crippen LogP contribution in [0.15, 0.2) is 42.2 Å². The third-order valence-electron chi connectivity index (χ3n) is 3.92. The Morgan fingerprint density at radius 2 is 2.25 bits per heavy atom. The van der Waals surface area contributed by atoms with Gasteiger partial charge in [-0.3, -0.25) is 14.6 Å². The first-order valence-electron chi connectivity index (χ1n) is 6.92. The van der Waals surface area contributed by atoms with Crippen molar-refractivity contribution in [3.8, 4) is 0 Å². The summed E-state index contributed by atoms with van der Waals surface area (Å²) in [5.41, 5.74) is 3.00. The molecule has 0 saturated carbocycles. The summed E-state index contributed by atoms with van der Waals surface area (Å²) in [5.74, 6) is 0. The van der Waals surface area contributed by atoms with Crippen LogP contribution in [0, 0.1) is 0 Å². The second kappa shape index (κ2) is 5.00. The molecule has 4 rings (SSSR count). The van der Waals surface area contributed by atoms with Crippen molar-refractivity contribution in [1.29, 1.82) is 0 Å². The maximum absolute atomic E-state index is 4.71. The molecule has 20 heavy (non-hydrogen) atoms. The molecule has 0 N–H and O–H groups in total. The van der Waals surface area contributed by atoms with E-state index in [1.165, 1.54) is 16.7 Å². The molecule has 4 nitrogen and oxygen atoms in total. The van der Waals surface area contributed by atoms with Crippen molar-refractivity contribution in [3.05, 3.63) is 47.0 Å². The van der Waals surface area contributed by atoms with Crippen LogP contribution >= 0.6 is 11.3 Å². The van der Waals surface area contributed by atoms with Crippen molar-refractivity contribution in [3.63, 3.8) is 0 Å². The highest BCUT2D eigenvalue weighted by molar-refractivity contribution is 7.09. The smallest absolute Gasteiger partial charge is 0.0923 e. The summed E-state index contributed by atoms with van der Waals surface area (Å²) in [7, 11) is 0. The number of hydrogen-bond donors (Lipinski definition) is 0. The van der Waals surface area contributed by atoms with Crippen LogP contribution in [0.4, 0.5) is 0 Å². The number of aromatic nitrogens is 3. The van der Waals surface area contributed by atoms with Crippen molar-refractivity contribution in [2.75, 3.05) is 13.1 Å². The van der Waals surface area contributed by atoms with Gasteiger partial charge in [-0.05, 0) is 12.5 Å². The monoisotopic (exact) mass is 284 g/mol. The predicted octanol–water partition coefficient (Wildman–Crippen LogP) is 2.94. The maximum Gasteiger partial charge on any atom is 0.0923 e. The lowest BCUT2D eigenvalue weighted by atomic mass is 10.2. The zero-order chi connectivity index (χ0) is 13.4. The number of nitrogens with zero attached hydrogens (tertiary/aromatic N) is 4. The Bertz CT molecular complexity index is 671. The summed E-state index contributed by atoms with van der Waals surface area (Å²) >= 11 is 1.74. The molecule has 0 aliphatic carbocycles. The van der Waals surface area contributed by atoms with E-state index >= 15 is 0 Å². The lowest BCUT2D eigenvalue weighted by molar-refractivity contribution is 0.314. The second-order valence-electron chi connectivity index (χ2n) is 5.31. The Hall–Kier alpha value is -1.72. The number of benzene rings is 1. The van der Waals surface area contributed by atoms with Gasteiger partial charge in [0.15, 0.2) is 0 Å². The molecule has 1 aliphatic rings. The van der Waals surface area contributed by atoms with Crippen LogP contribution < -0.4 is 0 Å². The molecule has 3 aromatic rings. The maximum atomic E-state index is 4.71. The van der Waals surface area contributed by atoms with Gasteiger partial charge in [-0.15, -0.1) is 11.3 Å². The SMILES string of the molecule is c1ccc2nn(C3CCN(Cc4cncs4)C3)cc2c1. The van der Waals surface area contributed by atoms with Gasteiger partial charge in [0.05, 0.1) is 17.1 Å². The molecule has 5 heteroatoms. The molecule has 1 unspecified atom stereocenters. The fourth-order valence-electron chi connectivity index (χ4n) is 2.88. The highest BCUT2D eigenvalue weighted by Crippen LogP contribution is 2.25. The largest absolute Gasteiger partial charge is 0.296 e. The van der Waals surface area contributed by atoms with Crippen molar-refractivity contribution in [2.24, 2.45) is 0 Å². The Morgan fingerprint density at radius 1 is 1.30 bits per heavy atom. The molecule has 1 saturated heterocycles. The minimum absolute atomic E-state index is 0.496. The van der Waals surface area contributed by atoms with Gasteiger partial charge in [0, 0.05) is 42.3 Å². The number of fused-ring (bicyclic) bond motifs is 1. The molecule has 3 heterocycles. The Balaban J connectivity index is 1.50. The van der Waals surface area contributed by atoms with Gasteiger partial charge in [0.1, 0.15) is 0 Å². The number of likely N-dealkylation sites (tertiary alicyclic amines) is 1. The van der Waals surface area contributed by atoms with Crippen LogP contribution in [-0.2, 0) is 6.54 Å². The molecule has 0 radical (unpaired) electrons. The van der Waals surface area contributed by atoms with Gasteiger partial charge in [-0.2, -0.15) is 5.10 Å². The van der Waals surface area contributed by atoms with Crippen LogP contribution in [-0.4, -0.2) is 32.8 Å². The third kappa shape index (κ3) is 2.23. The summed E-state index contributed by atoms with van der Waals surface area (Å²) in [6, 6.07) is 8.82. The van der Waals surface area contributed by atoms with Crippen molar-refractivity contribution in [2.45, 2.75) is 19.0 Å². The lowest BCUT2D eigenvalue weighted by Gasteiger charge is -2.14. The Labute approximate surface area is 121 Å². The molecule has 0 bridgehead atoms. The quantitative estimate of drug-likeness (QED) is 0.741. The summed E-state index contributed by atoms with van der Waals surface area (Å²) in [6.07, 6.45) is 5.32. The highest BCUT2D eigenvalue weighted by Gasteiger charge is 2.24. The first-order valence-corrected chi connectivity index (χ1v) is 7.80. The van der Waals surface area contributed by atoms with Crippen LogP contribution in [0.1, 0.15) is 17.3 Å². The zero-order valence-electron chi connectivity index (χ0n) is 11.1. The van der Waals surface area contributed by atoms with Crippen molar-refractivity contribution in [1.82, 2.24) is 19.7 Å². The number of rotatable bonds is 3. The summed E-state index contributed by atoms with van der Waals surface area (Å²) in [6.45, 7) is 3.23. The summed E-state index contributed by atoms with van der Waals surface area (Å²) in [4.78, 5) is 7.98. The average molecular weight is 284 g/mol. The molecule has 0 spiro atoms. The van der Waals surface area contributed by atoms with E-state index in [1.54, 1.807) is 11.3 Å². The number of hydrogen-bond acceptors (Lipinski definition) is 4. The first-order chi connectivity index (χ1) is 9.88. The van der Waals surface area contributed by atoms with E-state index in [-0.39, 0.29) is 0 Å². The summed E-state index contributed by atoms with van der Waals surface area (Å²) in [5, 5.41) is 5.94. The second-order valence-corrected chi connectivity index (χ2v) is 6.28. The highest BCUT2D eigenvalue weighted by atomic mass is 32.1. The first kappa shape index (κ1) is 12.1. The fourth-order valence-corrected chi connectivity index (χ4v) is 3.52. The molecular weight excluding hydrogens is 268 g/mol. The molecule has 1 fully saturated rings. The minimum Gasteiger partial charge on any atom is -0.296 e. The topological polar surface area (TPSA) is 34.0 Å². The third-order valence-corrected chi connectivity index (χ3v) is 4.68. The molecule has 0 amide bonds.